The second-order valence-corrected chi connectivity index (χ2v) is 5.52. The van der Waals surface area contributed by atoms with Crippen LogP contribution in [0.25, 0.3) is 16.6 Å². The maximum Gasteiger partial charge on any atom is 0.362 e. The Kier molecular flexibility index (Phi) is 4.40. The zero-order valence-electron chi connectivity index (χ0n) is 14.4. The van der Waals surface area contributed by atoms with Crippen LogP contribution in [0.4, 0.5) is 5.82 Å². The number of fused-ring (bicyclic) bond motifs is 3. The van der Waals surface area contributed by atoms with Gasteiger partial charge >= 0.3 is 5.97 Å². The molecule has 27 heavy (non-hydrogen) atoms. The number of carbonyl (C=O) groups excluding carboxylic acids is 1. The van der Waals surface area contributed by atoms with E-state index in [4.69, 9.17) is 4.74 Å². The van der Waals surface area contributed by atoms with Gasteiger partial charge in [0.25, 0.3) is 0 Å². The molecule has 134 valence electrons. The van der Waals surface area contributed by atoms with Crippen LogP contribution in [-0.2, 0) is 4.74 Å². The van der Waals surface area contributed by atoms with Gasteiger partial charge in [0.2, 0.25) is 5.69 Å². The van der Waals surface area contributed by atoms with Gasteiger partial charge in [-0.15, -0.1) is 5.10 Å². The van der Waals surface area contributed by atoms with Gasteiger partial charge in [0, 0.05) is 17.8 Å². The molecular formula is C18H15N7O2. The molecule has 0 aliphatic heterocycles. The average molecular weight is 361 g/mol. The van der Waals surface area contributed by atoms with Crippen molar-refractivity contribution >= 4 is 34.6 Å². The number of rotatable bonds is 5. The van der Waals surface area contributed by atoms with Gasteiger partial charge in [-0.3, -0.25) is 10.4 Å². The smallest absolute Gasteiger partial charge is 0.362 e. The molecule has 9 heteroatoms. The third-order valence-corrected chi connectivity index (χ3v) is 3.81. The minimum Gasteiger partial charge on any atom is -0.461 e. The Bertz CT molecular complexity index is 1140. The van der Waals surface area contributed by atoms with Crippen molar-refractivity contribution in [2.24, 2.45) is 5.10 Å². The van der Waals surface area contributed by atoms with E-state index in [9.17, 15) is 4.79 Å². The number of para-hydroxylation sites is 1. The minimum absolute atomic E-state index is 0.0590. The van der Waals surface area contributed by atoms with Gasteiger partial charge in [-0.05, 0) is 36.8 Å². The Morgan fingerprint density at radius 3 is 2.89 bits per heavy atom. The number of hydrazone groups is 1. The van der Waals surface area contributed by atoms with Gasteiger partial charge in [-0.1, -0.05) is 17.3 Å². The predicted octanol–water partition coefficient (Wildman–Crippen LogP) is 2.30. The zero-order chi connectivity index (χ0) is 18.6. The number of ether oxygens (including phenoxy) is 1. The molecule has 0 saturated carbocycles. The van der Waals surface area contributed by atoms with Crippen LogP contribution in [0, 0.1) is 0 Å². The van der Waals surface area contributed by atoms with Crippen molar-refractivity contribution in [2.75, 3.05) is 12.0 Å². The summed E-state index contributed by atoms with van der Waals surface area (Å²) in [6.07, 6.45) is 5.03. The molecule has 9 nitrogen and oxygen atoms in total. The lowest BCUT2D eigenvalue weighted by Gasteiger charge is -2.07. The Morgan fingerprint density at radius 2 is 2.07 bits per heavy atom. The first-order valence-electron chi connectivity index (χ1n) is 8.28. The normalized spacial score (nSPS) is 11.3. The fraction of sp³-hybridized carbons (Fsp3) is 0.111. The molecule has 0 spiro atoms. The van der Waals surface area contributed by atoms with Crippen LogP contribution in [0.3, 0.4) is 0 Å². The summed E-state index contributed by atoms with van der Waals surface area (Å²) in [4.78, 5) is 20.6. The molecule has 0 aliphatic carbocycles. The standard InChI is InChI=1S/C18H15N7O2/c1-2-27-18(26)15-17-21-16(23-20-11-12-7-9-19-10-8-12)13-5-3-4-6-14(13)25(17)24-22-15/h3-11H,2H2,1H3,(H,21,23)/b20-11+. The highest BCUT2D eigenvalue weighted by atomic mass is 16.5. The van der Waals surface area contributed by atoms with Gasteiger partial charge in [0.05, 0.1) is 18.3 Å². The molecule has 3 heterocycles. The lowest BCUT2D eigenvalue weighted by Crippen LogP contribution is -2.07. The van der Waals surface area contributed by atoms with Crippen LogP contribution in [0.15, 0.2) is 53.9 Å². The fourth-order valence-corrected chi connectivity index (χ4v) is 2.60. The number of carbonyl (C=O) groups is 1. The maximum absolute atomic E-state index is 12.1. The molecule has 4 aromatic rings. The largest absolute Gasteiger partial charge is 0.461 e. The first-order valence-corrected chi connectivity index (χ1v) is 8.28. The summed E-state index contributed by atoms with van der Waals surface area (Å²) in [7, 11) is 0. The van der Waals surface area contributed by atoms with Gasteiger partial charge in [0.15, 0.2) is 11.5 Å². The first-order chi connectivity index (χ1) is 13.3. The summed E-state index contributed by atoms with van der Waals surface area (Å²) in [5, 5.41) is 13.0. The molecular weight excluding hydrogens is 346 g/mol. The van der Waals surface area contributed by atoms with Gasteiger partial charge in [-0.2, -0.15) is 9.62 Å². The Hall–Kier alpha value is -3.88. The molecule has 0 atom stereocenters. The van der Waals surface area contributed by atoms with Crippen LogP contribution in [-0.4, -0.2) is 43.6 Å². The van der Waals surface area contributed by atoms with Crippen LogP contribution in [0.1, 0.15) is 23.0 Å². The summed E-state index contributed by atoms with van der Waals surface area (Å²) in [5.41, 5.74) is 4.92. The number of nitrogens with zero attached hydrogens (tertiary/aromatic N) is 6. The number of esters is 1. The molecule has 0 amide bonds. The van der Waals surface area contributed by atoms with Crippen molar-refractivity contribution in [3.05, 3.63) is 60.0 Å². The quantitative estimate of drug-likeness (QED) is 0.330. The number of hydrogen-bond donors (Lipinski definition) is 1. The highest BCUT2D eigenvalue weighted by Gasteiger charge is 2.20. The van der Waals surface area contributed by atoms with Crippen LogP contribution < -0.4 is 5.43 Å². The lowest BCUT2D eigenvalue weighted by molar-refractivity contribution is 0.0521. The molecule has 1 aromatic carbocycles. The molecule has 0 unspecified atom stereocenters. The number of anilines is 1. The SMILES string of the molecule is CCOC(=O)c1nnn2c1nc(N/N=C/c1ccncc1)c1ccccc12. The van der Waals surface area contributed by atoms with Gasteiger partial charge < -0.3 is 4.74 Å². The second kappa shape index (κ2) is 7.16. The zero-order valence-corrected chi connectivity index (χ0v) is 14.4. The molecule has 0 aliphatic rings. The van der Waals surface area contributed by atoms with Crippen molar-refractivity contribution in [1.29, 1.82) is 0 Å². The number of pyridine rings is 1. The van der Waals surface area contributed by atoms with Crippen LogP contribution in [0.5, 0.6) is 0 Å². The number of benzene rings is 1. The summed E-state index contributed by atoms with van der Waals surface area (Å²) >= 11 is 0. The van der Waals surface area contributed by atoms with Crippen molar-refractivity contribution in [1.82, 2.24) is 24.8 Å². The molecule has 0 saturated heterocycles. The van der Waals surface area contributed by atoms with Crippen molar-refractivity contribution in [3.8, 4) is 0 Å². The second-order valence-electron chi connectivity index (χ2n) is 5.52. The van der Waals surface area contributed by atoms with Gasteiger partial charge in [0.1, 0.15) is 0 Å². The molecule has 3 aromatic heterocycles. The van der Waals surface area contributed by atoms with E-state index in [0.29, 0.717) is 11.5 Å². The van der Waals surface area contributed by atoms with E-state index in [0.717, 1.165) is 16.5 Å². The first kappa shape index (κ1) is 16.6. The van der Waals surface area contributed by atoms with Crippen LogP contribution >= 0.6 is 0 Å². The van der Waals surface area contributed by atoms with E-state index in [-0.39, 0.29) is 12.3 Å². The summed E-state index contributed by atoms with van der Waals surface area (Å²) < 4.78 is 6.55. The lowest BCUT2D eigenvalue weighted by atomic mass is 10.2. The van der Waals surface area contributed by atoms with E-state index < -0.39 is 5.97 Å². The molecule has 0 fully saturated rings. The van der Waals surface area contributed by atoms with Crippen molar-refractivity contribution in [2.45, 2.75) is 6.92 Å². The van der Waals surface area contributed by atoms with Crippen molar-refractivity contribution in [3.63, 3.8) is 0 Å². The third kappa shape index (κ3) is 3.17. The third-order valence-electron chi connectivity index (χ3n) is 3.81. The van der Waals surface area contributed by atoms with Crippen molar-refractivity contribution < 1.29 is 9.53 Å². The predicted molar refractivity (Wildman–Crippen MR) is 99.7 cm³/mol. The molecule has 0 radical (unpaired) electrons. The topological polar surface area (TPSA) is 107 Å². The number of aromatic nitrogens is 5. The average Bonchev–Trinajstić information content (AvgIpc) is 3.13. The Morgan fingerprint density at radius 1 is 1.26 bits per heavy atom. The molecule has 4 rings (SSSR count). The summed E-state index contributed by atoms with van der Waals surface area (Å²) in [6, 6.07) is 11.2. The van der Waals surface area contributed by atoms with E-state index in [1.54, 1.807) is 25.5 Å². The molecule has 1 N–H and O–H groups in total. The van der Waals surface area contributed by atoms with Gasteiger partial charge in [-0.25, -0.2) is 9.78 Å². The van der Waals surface area contributed by atoms with E-state index in [1.165, 1.54) is 4.52 Å². The van der Waals surface area contributed by atoms with E-state index in [2.05, 4.69) is 30.8 Å². The minimum atomic E-state index is -0.568. The monoisotopic (exact) mass is 361 g/mol. The number of nitrogens with one attached hydrogen (secondary N) is 1. The van der Waals surface area contributed by atoms with E-state index in [1.807, 2.05) is 36.4 Å². The summed E-state index contributed by atoms with van der Waals surface area (Å²) in [5.74, 6) is -0.0854. The fourth-order valence-electron chi connectivity index (χ4n) is 2.60. The highest BCUT2D eigenvalue weighted by Crippen LogP contribution is 2.23. The number of hydrogen-bond acceptors (Lipinski definition) is 8. The van der Waals surface area contributed by atoms with Crippen LogP contribution in [0.2, 0.25) is 0 Å². The summed E-state index contributed by atoms with van der Waals surface area (Å²) in [6.45, 7) is 1.97. The highest BCUT2D eigenvalue weighted by molar-refractivity contribution is 5.98. The Labute approximate surface area is 153 Å². The molecule has 0 bridgehead atoms. The maximum atomic E-state index is 12.1. The van der Waals surface area contributed by atoms with E-state index >= 15 is 0 Å². The Balaban J connectivity index is 1.79.